The molecule has 160 valence electrons. The number of carbonyl (C=O) groups excluding carboxylic acids is 3. The van der Waals surface area contributed by atoms with Crippen molar-refractivity contribution in [1.29, 1.82) is 0 Å². The maximum absolute atomic E-state index is 12.3. The maximum Gasteiger partial charge on any atom is 0.326 e. The minimum Gasteiger partial charge on any atom is -0.480 e. The smallest absolute Gasteiger partial charge is 0.326 e. The summed E-state index contributed by atoms with van der Waals surface area (Å²) in [6.45, 7) is 5.03. The monoisotopic (exact) mass is 401 g/mol. The van der Waals surface area contributed by atoms with E-state index in [0.29, 0.717) is 12.8 Å². The lowest BCUT2D eigenvalue weighted by Gasteiger charge is -2.25. The number of aliphatic hydroxyl groups is 1. The van der Waals surface area contributed by atoms with Crippen LogP contribution in [0.25, 0.3) is 0 Å². The molecule has 28 heavy (non-hydrogen) atoms. The van der Waals surface area contributed by atoms with E-state index in [1.165, 1.54) is 14.0 Å². The molecule has 0 aliphatic heterocycles. The Morgan fingerprint density at radius 1 is 1.21 bits per heavy atom. The van der Waals surface area contributed by atoms with E-state index < -0.39 is 47.9 Å². The van der Waals surface area contributed by atoms with E-state index in [1.54, 1.807) is 6.92 Å². The Bertz CT molecular complexity index is 596. The van der Waals surface area contributed by atoms with E-state index in [1.807, 2.05) is 6.92 Å². The average Bonchev–Trinajstić information content (AvgIpc) is 3.37. The van der Waals surface area contributed by atoms with Gasteiger partial charge >= 0.3 is 11.9 Å². The number of hydrogen-bond donors (Lipinski definition) is 5. The van der Waals surface area contributed by atoms with Gasteiger partial charge in [-0.05, 0) is 31.6 Å². The van der Waals surface area contributed by atoms with Gasteiger partial charge in [0.25, 0.3) is 0 Å². The predicted octanol–water partition coefficient (Wildman–Crippen LogP) is -1.01. The van der Waals surface area contributed by atoms with Crippen LogP contribution in [0, 0.1) is 17.8 Å². The van der Waals surface area contributed by atoms with Gasteiger partial charge in [0.2, 0.25) is 11.8 Å². The van der Waals surface area contributed by atoms with E-state index in [2.05, 4.69) is 15.4 Å². The second-order valence-electron chi connectivity index (χ2n) is 7.41. The van der Waals surface area contributed by atoms with Gasteiger partial charge in [-0.15, -0.1) is 0 Å². The summed E-state index contributed by atoms with van der Waals surface area (Å²) in [5, 5.41) is 24.6. The summed E-state index contributed by atoms with van der Waals surface area (Å²) in [6, 6.07) is -2.27. The number of carboxylic acids is 1. The molecule has 7 atom stereocenters. The van der Waals surface area contributed by atoms with E-state index in [-0.39, 0.29) is 24.3 Å². The van der Waals surface area contributed by atoms with E-state index >= 15 is 0 Å². The van der Waals surface area contributed by atoms with Crippen LogP contribution >= 0.6 is 0 Å². The molecule has 0 heterocycles. The highest BCUT2D eigenvalue weighted by Crippen LogP contribution is 2.35. The van der Waals surface area contributed by atoms with Gasteiger partial charge in [-0.25, -0.2) is 4.79 Å². The summed E-state index contributed by atoms with van der Waals surface area (Å²) >= 11 is 0. The lowest BCUT2D eigenvalue weighted by molar-refractivity contribution is -0.156. The van der Waals surface area contributed by atoms with Gasteiger partial charge in [0.1, 0.15) is 12.1 Å². The highest BCUT2D eigenvalue weighted by atomic mass is 16.5. The molecular weight excluding hydrogens is 370 g/mol. The Morgan fingerprint density at radius 2 is 1.82 bits per heavy atom. The fourth-order valence-electron chi connectivity index (χ4n) is 3.01. The first-order chi connectivity index (χ1) is 13.0. The Hall–Kier alpha value is -2.20. The van der Waals surface area contributed by atoms with Crippen LogP contribution in [0.3, 0.4) is 0 Å². The van der Waals surface area contributed by atoms with Crippen molar-refractivity contribution >= 4 is 23.8 Å². The molecule has 0 aromatic rings. The number of rotatable bonds is 11. The molecule has 6 N–H and O–H groups in total. The molecule has 1 fully saturated rings. The second-order valence-corrected chi connectivity index (χ2v) is 7.41. The van der Waals surface area contributed by atoms with Gasteiger partial charge in [-0.3, -0.25) is 14.4 Å². The van der Waals surface area contributed by atoms with Crippen LogP contribution in [0.1, 0.15) is 40.0 Å². The van der Waals surface area contributed by atoms with Crippen molar-refractivity contribution in [3.8, 4) is 0 Å². The van der Waals surface area contributed by atoms with Crippen molar-refractivity contribution in [3.63, 3.8) is 0 Å². The van der Waals surface area contributed by atoms with E-state index in [0.717, 1.165) is 0 Å². The van der Waals surface area contributed by atoms with Crippen LogP contribution in [-0.2, 0) is 23.9 Å². The van der Waals surface area contributed by atoms with E-state index in [9.17, 15) is 29.4 Å². The molecular formula is C18H31N3O7. The first kappa shape index (κ1) is 23.8. The number of hydrogen-bond acceptors (Lipinski definition) is 7. The standard InChI is InChI=1S/C18H31N3O7/c1-5-8(2)13(18(27)28-4)14(22)16(24)20-11-6-10(11)7-12(17(25)26)21-15(23)9(3)19/h8-14,22H,5-7,19H2,1-4H3,(H,20,24)(H,21,23)(H,25,26)/t8-,9-,10+,11-,12-,13-,14+/m0/s1. The van der Waals surface area contributed by atoms with Gasteiger partial charge in [-0.1, -0.05) is 20.3 Å². The van der Waals surface area contributed by atoms with Crippen LogP contribution in [-0.4, -0.2) is 65.3 Å². The lowest BCUT2D eigenvalue weighted by atomic mass is 9.86. The molecule has 2 amide bonds. The first-order valence-corrected chi connectivity index (χ1v) is 9.38. The number of ether oxygens (including phenoxy) is 1. The number of carbonyl (C=O) groups is 4. The molecule has 0 aromatic heterocycles. The summed E-state index contributed by atoms with van der Waals surface area (Å²) in [5.74, 6) is -4.51. The zero-order valence-corrected chi connectivity index (χ0v) is 16.7. The summed E-state index contributed by atoms with van der Waals surface area (Å²) in [4.78, 5) is 47.2. The fraction of sp³-hybridized carbons (Fsp3) is 0.778. The predicted molar refractivity (Wildman–Crippen MR) is 98.8 cm³/mol. The largest absolute Gasteiger partial charge is 0.480 e. The summed E-state index contributed by atoms with van der Waals surface area (Å²) in [6.07, 6.45) is -0.338. The topological polar surface area (TPSA) is 168 Å². The number of nitrogens with two attached hydrogens (primary N) is 1. The van der Waals surface area contributed by atoms with Gasteiger partial charge in [-0.2, -0.15) is 0 Å². The quantitative estimate of drug-likeness (QED) is 0.274. The lowest BCUT2D eigenvalue weighted by Crippen LogP contribution is -2.48. The molecule has 0 radical (unpaired) electrons. The minimum atomic E-state index is -1.56. The molecule has 0 spiro atoms. The normalized spacial score (nSPS) is 23.5. The van der Waals surface area contributed by atoms with Crippen LogP contribution in [0.5, 0.6) is 0 Å². The zero-order chi connectivity index (χ0) is 21.6. The Morgan fingerprint density at radius 3 is 2.29 bits per heavy atom. The summed E-state index contributed by atoms with van der Waals surface area (Å²) < 4.78 is 4.69. The van der Waals surface area contributed by atoms with Crippen molar-refractivity contribution in [2.45, 2.75) is 64.3 Å². The third-order valence-electron chi connectivity index (χ3n) is 5.16. The third-order valence-corrected chi connectivity index (χ3v) is 5.16. The number of methoxy groups -OCH3 is 1. The van der Waals surface area contributed by atoms with Crippen molar-refractivity contribution in [1.82, 2.24) is 10.6 Å². The third kappa shape index (κ3) is 6.45. The number of nitrogens with one attached hydrogen (secondary N) is 2. The van der Waals surface area contributed by atoms with Gasteiger partial charge in [0.05, 0.1) is 19.1 Å². The Labute approximate surface area is 164 Å². The van der Waals surface area contributed by atoms with Crippen molar-refractivity contribution < 1.29 is 34.1 Å². The van der Waals surface area contributed by atoms with Crippen LogP contribution < -0.4 is 16.4 Å². The number of esters is 1. The molecule has 0 bridgehead atoms. The Kier molecular flexibility index (Phi) is 8.83. The second kappa shape index (κ2) is 10.4. The molecule has 1 aliphatic carbocycles. The number of carboxylic acid groups (broad SMARTS) is 1. The van der Waals surface area contributed by atoms with Crippen molar-refractivity contribution in [3.05, 3.63) is 0 Å². The summed E-state index contributed by atoms with van der Waals surface area (Å²) in [7, 11) is 1.20. The fourth-order valence-corrected chi connectivity index (χ4v) is 3.01. The highest BCUT2D eigenvalue weighted by molar-refractivity contribution is 5.88. The average molecular weight is 401 g/mol. The molecule has 1 rings (SSSR count). The molecule has 10 nitrogen and oxygen atoms in total. The highest BCUT2D eigenvalue weighted by Gasteiger charge is 2.44. The molecule has 0 saturated heterocycles. The molecule has 0 unspecified atom stereocenters. The van der Waals surface area contributed by atoms with Gasteiger partial charge in [0, 0.05) is 6.04 Å². The van der Waals surface area contributed by atoms with Crippen LogP contribution in [0.15, 0.2) is 0 Å². The van der Waals surface area contributed by atoms with Crippen LogP contribution in [0.4, 0.5) is 0 Å². The first-order valence-electron chi connectivity index (χ1n) is 9.38. The molecule has 1 aliphatic rings. The zero-order valence-electron chi connectivity index (χ0n) is 16.7. The minimum absolute atomic E-state index is 0.126. The maximum atomic E-state index is 12.3. The van der Waals surface area contributed by atoms with Crippen LogP contribution in [0.2, 0.25) is 0 Å². The van der Waals surface area contributed by atoms with Gasteiger partial charge in [0.15, 0.2) is 0 Å². The number of aliphatic carboxylic acids is 1. The SMILES string of the molecule is CC[C@H](C)[C@H](C(=O)OC)[C@@H](O)C(=O)N[C@H]1C[C@@H]1C[C@H](NC(=O)[C@H](C)N)C(=O)O. The number of amides is 2. The van der Waals surface area contributed by atoms with Gasteiger partial charge < -0.3 is 31.3 Å². The molecule has 10 heteroatoms. The van der Waals surface area contributed by atoms with E-state index in [4.69, 9.17) is 5.73 Å². The van der Waals surface area contributed by atoms with Crippen molar-refractivity contribution in [2.75, 3.05) is 7.11 Å². The summed E-state index contributed by atoms with van der Waals surface area (Å²) in [5.41, 5.74) is 5.43. The van der Waals surface area contributed by atoms with Crippen molar-refractivity contribution in [2.24, 2.45) is 23.5 Å². The molecule has 0 aromatic carbocycles. The number of aliphatic hydroxyl groups excluding tert-OH is 1. The molecule has 1 saturated carbocycles. The Balaban J connectivity index is 2.63.